The summed E-state index contributed by atoms with van der Waals surface area (Å²) < 4.78 is 25.6. The van der Waals surface area contributed by atoms with Gasteiger partial charge in [-0.05, 0) is 63.2 Å². The number of aromatic carboxylic acids is 1. The number of imidazole rings is 2. The van der Waals surface area contributed by atoms with Crippen LogP contribution in [0.1, 0.15) is 41.7 Å². The van der Waals surface area contributed by atoms with Gasteiger partial charge in [0.2, 0.25) is 0 Å². The summed E-state index contributed by atoms with van der Waals surface area (Å²) in [6, 6.07) is 18.8. The quantitative estimate of drug-likeness (QED) is 0.211. The van der Waals surface area contributed by atoms with Gasteiger partial charge in [0.1, 0.15) is 17.1 Å². The molecule has 5 heterocycles. The number of nitrogens with one attached hydrogen (secondary N) is 1. The predicted molar refractivity (Wildman–Crippen MR) is 220 cm³/mol. The van der Waals surface area contributed by atoms with E-state index in [1.54, 1.807) is 36.5 Å². The van der Waals surface area contributed by atoms with Gasteiger partial charge in [0.05, 0.1) is 33.4 Å². The first-order valence-electron chi connectivity index (χ1n) is 17.9. The highest BCUT2D eigenvalue weighted by Crippen LogP contribution is 2.30. The van der Waals surface area contributed by atoms with E-state index in [1.807, 2.05) is 68.1 Å². The van der Waals surface area contributed by atoms with Gasteiger partial charge >= 0.3 is 23.4 Å². The maximum Gasteiger partial charge on any atom is 0.410 e. The van der Waals surface area contributed by atoms with Gasteiger partial charge in [0.25, 0.3) is 5.91 Å². The monoisotopic (exact) mass is 827 g/mol. The van der Waals surface area contributed by atoms with Crippen molar-refractivity contribution in [2.75, 3.05) is 36.4 Å². The number of anilines is 2. The average Bonchev–Trinajstić information content (AvgIpc) is 3.98. The van der Waals surface area contributed by atoms with Crippen molar-refractivity contribution in [3.63, 3.8) is 0 Å². The van der Waals surface area contributed by atoms with Crippen molar-refractivity contribution in [2.45, 2.75) is 26.4 Å². The Morgan fingerprint density at radius 1 is 0.759 bits per heavy atom. The van der Waals surface area contributed by atoms with Crippen LogP contribution in [0.2, 0.25) is 0 Å². The van der Waals surface area contributed by atoms with Crippen LogP contribution < -0.4 is 21.6 Å². The second kappa shape index (κ2) is 15.7. The normalized spacial score (nSPS) is 13.1. The van der Waals surface area contributed by atoms with Gasteiger partial charge in [-0.25, -0.2) is 42.7 Å². The number of aryl methyl sites for hydroxylation is 2. The number of hydrogen-bond acceptors (Lipinski definition) is 11. The third-order valence-electron chi connectivity index (χ3n) is 9.22. The van der Waals surface area contributed by atoms with Crippen LogP contribution in [-0.2, 0) is 18.8 Å². The molecule has 0 saturated carbocycles. The minimum atomic E-state index is -1.10. The summed E-state index contributed by atoms with van der Waals surface area (Å²) in [7, 11) is 3.36. The van der Waals surface area contributed by atoms with Crippen LogP contribution in [0.3, 0.4) is 0 Å². The molecule has 300 valence electrons. The number of para-hydroxylation sites is 4. The molecule has 4 aromatic heterocycles. The van der Waals surface area contributed by atoms with E-state index < -0.39 is 23.3 Å². The van der Waals surface area contributed by atoms with Crippen LogP contribution in [0.4, 0.5) is 20.6 Å². The third-order valence-corrected chi connectivity index (χ3v) is 10.9. The molecule has 1 aliphatic heterocycles. The van der Waals surface area contributed by atoms with Crippen molar-refractivity contribution < 1.29 is 28.6 Å². The molecule has 1 fully saturated rings. The van der Waals surface area contributed by atoms with Crippen molar-refractivity contribution in [3.05, 3.63) is 116 Å². The lowest BCUT2D eigenvalue weighted by Crippen LogP contribution is -2.50. The predicted octanol–water partition coefficient (Wildman–Crippen LogP) is 5.72. The Hall–Kier alpha value is -6.60. The number of carboxylic acid groups (broad SMARTS) is 1. The number of hydrogen-bond donors (Lipinski definition) is 2. The van der Waals surface area contributed by atoms with E-state index in [9.17, 15) is 28.4 Å². The van der Waals surface area contributed by atoms with Gasteiger partial charge in [0.15, 0.2) is 16.0 Å². The Kier molecular flexibility index (Phi) is 10.8. The van der Waals surface area contributed by atoms with Gasteiger partial charge in [0, 0.05) is 51.0 Å². The van der Waals surface area contributed by atoms with Crippen molar-refractivity contribution in [1.82, 2.24) is 33.1 Å². The number of piperazine rings is 1. The van der Waals surface area contributed by atoms with Gasteiger partial charge in [-0.2, -0.15) is 0 Å². The highest BCUT2D eigenvalue weighted by Gasteiger charge is 2.28. The summed E-state index contributed by atoms with van der Waals surface area (Å²) in [5.41, 5.74) is 2.81. The number of thiazole rings is 2. The molecule has 0 bridgehead atoms. The first-order valence-corrected chi connectivity index (χ1v) is 19.7. The van der Waals surface area contributed by atoms with Crippen LogP contribution in [-0.4, -0.2) is 88.0 Å². The van der Waals surface area contributed by atoms with Gasteiger partial charge in [-0.15, -0.1) is 22.7 Å². The van der Waals surface area contributed by atoms with E-state index in [1.165, 1.54) is 47.1 Å². The van der Waals surface area contributed by atoms with Gasteiger partial charge in [-0.1, -0.05) is 24.3 Å². The second-order valence-corrected chi connectivity index (χ2v) is 15.9. The zero-order chi connectivity index (χ0) is 41.5. The lowest BCUT2D eigenvalue weighted by molar-refractivity contribution is 0.0240. The number of aromatic nitrogens is 6. The summed E-state index contributed by atoms with van der Waals surface area (Å²) in [5, 5.41) is 15.4. The molecule has 58 heavy (non-hydrogen) atoms. The Balaban J connectivity index is 0.000000224. The van der Waals surface area contributed by atoms with Crippen LogP contribution in [0.25, 0.3) is 32.3 Å². The van der Waals surface area contributed by atoms with Crippen LogP contribution in [0.15, 0.2) is 87.1 Å². The van der Waals surface area contributed by atoms with Crippen LogP contribution >= 0.6 is 22.7 Å². The number of amides is 2. The molecule has 8 rings (SSSR count). The highest BCUT2D eigenvalue weighted by atomic mass is 32.1. The molecule has 2 amide bonds. The molecule has 0 aliphatic carbocycles. The number of carbonyl (C=O) groups excluding carboxylic acids is 2. The minimum Gasteiger partial charge on any atom is -0.476 e. The summed E-state index contributed by atoms with van der Waals surface area (Å²) in [6.07, 6.45) is -0.376. The summed E-state index contributed by atoms with van der Waals surface area (Å²) in [4.78, 5) is 73.5. The van der Waals surface area contributed by atoms with Gasteiger partial charge < -0.3 is 25.0 Å². The third kappa shape index (κ3) is 7.85. The maximum absolute atomic E-state index is 14.2. The topological polar surface area (TPSA) is 179 Å². The summed E-state index contributed by atoms with van der Waals surface area (Å²) >= 11 is 2.30. The molecule has 0 unspecified atom stereocenters. The first kappa shape index (κ1) is 39.6. The zero-order valence-corrected chi connectivity index (χ0v) is 33.6. The minimum absolute atomic E-state index is 0.0557. The lowest BCUT2D eigenvalue weighted by atomic mass is 10.2. The van der Waals surface area contributed by atoms with Crippen molar-refractivity contribution in [2.24, 2.45) is 14.1 Å². The van der Waals surface area contributed by atoms with Gasteiger partial charge in [-0.3, -0.25) is 13.9 Å². The highest BCUT2D eigenvalue weighted by molar-refractivity contribution is 7.12. The number of rotatable bonds is 6. The number of fused-ring (bicyclic) bond motifs is 2. The standard InChI is InChI=1S/C27H29FN6O4S.C12H9N3O3S/c1-27(2,3)38-26(37)33-13-11-32(12-14-33)20-10-9-17(28)15-18(20)29-23(35)19-16-39-24(30-19)34-22-8-6-5-7-21(22)31(4)25(34)36;1-14-8-4-2-3-5-9(8)15(12(14)18)11-13-7(6-19-11)10(16)17/h5-10,15-16H,11-14H2,1-4H3,(H,29,35);2-6H,1H3,(H,16,17). The van der Waals surface area contributed by atoms with E-state index in [4.69, 9.17) is 9.84 Å². The van der Waals surface area contributed by atoms with Crippen molar-refractivity contribution in [1.29, 1.82) is 0 Å². The molecule has 0 radical (unpaired) electrons. The number of benzene rings is 3. The fraction of sp³-hybridized carbons (Fsp3) is 0.256. The lowest BCUT2D eigenvalue weighted by Gasteiger charge is -2.37. The maximum atomic E-state index is 14.2. The summed E-state index contributed by atoms with van der Waals surface area (Å²) in [6.45, 7) is 7.28. The molecule has 0 spiro atoms. The number of carboxylic acids is 1. The average molecular weight is 828 g/mol. The number of nitrogens with zero attached hydrogens (tertiary/aromatic N) is 8. The number of ether oxygens (including phenoxy) is 1. The SMILES string of the molecule is Cn1c(=O)n(-c2nc(C(=O)Nc3cc(F)ccc3N3CCN(C(=O)OC(C)(C)C)CC3)cs2)c2ccccc21.Cn1c(=O)n(-c2nc(C(=O)O)cs2)c2ccccc21. The van der Waals surface area contributed by atoms with Crippen molar-refractivity contribution >= 4 is 74.1 Å². The molecule has 3 aromatic carbocycles. The second-order valence-electron chi connectivity index (χ2n) is 14.2. The Morgan fingerprint density at radius 2 is 1.26 bits per heavy atom. The van der Waals surface area contributed by atoms with E-state index in [2.05, 4.69) is 15.3 Å². The fourth-order valence-electron chi connectivity index (χ4n) is 6.42. The van der Waals surface area contributed by atoms with Crippen LogP contribution in [0.5, 0.6) is 0 Å². The smallest absolute Gasteiger partial charge is 0.410 e. The van der Waals surface area contributed by atoms with E-state index in [0.29, 0.717) is 58.9 Å². The number of carbonyl (C=O) groups is 3. The molecular formula is C39H38FN9O7S2. The Bertz CT molecular complexity index is 2820. The Labute approximate surface area is 337 Å². The molecule has 2 N–H and O–H groups in total. The largest absolute Gasteiger partial charge is 0.476 e. The van der Waals surface area contributed by atoms with Crippen molar-refractivity contribution in [3.8, 4) is 10.3 Å². The molecule has 7 aromatic rings. The van der Waals surface area contributed by atoms with Crippen LogP contribution in [0, 0.1) is 5.82 Å². The van der Waals surface area contributed by atoms with E-state index in [-0.39, 0.29) is 28.9 Å². The molecule has 16 nitrogen and oxygen atoms in total. The zero-order valence-electron chi connectivity index (χ0n) is 32.0. The molecule has 0 atom stereocenters. The molecule has 19 heteroatoms. The van der Waals surface area contributed by atoms with E-state index in [0.717, 1.165) is 22.4 Å². The fourth-order valence-corrected chi connectivity index (χ4v) is 8.03. The number of halogens is 1. The molecule has 1 saturated heterocycles. The van der Waals surface area contributed by atoms with E-state index >= 15 is 0 Å². The molecular weight excluding hydrogens is 790 g/mol. The first-order chi connectivity index (χ1) is 27.6. The summed E-state index contributed by atoms with van der Waals surface area (Å²) in [5.74, 6) is -2.12. The molecule has 1 aliphatic rings. The Morgan fingerprint density at radius 3 is 1.76 bits per heavy atom.